The van der Waals surface area contributed by atoms with Gasteiger partial charge in [-0.25, -0.2) is 9.59 Å². The Hall–Kier alpha value is -3.30. The number of esters is 1. The van der Waals surface area contributed by atoms with Gasteiger partial charge in [-0.15, -0.1) is 11.6 Å². The Balaban J connectivity index is 2.60. The maximum Gasteiger partial charge on any atom is 0.407 e. The van der Waals surface area contributed by atoms with E-state index >= 15 is 0 Å². The lowest BCUT2D eigenvalue weighted by Crippen LogP contribution is -2.61. The van der Waals surface area contributed by atoms with Crippen LogP contribution < -0.4 is 10.1 Å². The number of amides is 2. The first-order chi connectivity index (χ1) is 18.9. The van der Waals surface area contributed by atoms with Crippen molar-refractivity contribution in [3.63, 3.8) is 0 Å². The van der Waals surface area contributed by atoms with Gasteiger partial charge in [-0.2, -0.15) is 0 Å². The highest BCUT2D eigenvalue weighted by Gasteiger charge is 2.44. The van der Waals surface area contributed by atoms with Crippen molar-refractivity contribution >= 4 is 29.6 Å². The van der Waals surface area contributed by atoms with Crippen LogP contribution in [-0.2, 0) is 25.6 Å². The molecule has 4 atom stereocenters. The van der Waals surface area contributed by atoms with Crippen molar-refractivity contribution in [2.75, 3.05) is 19.6 Å². The molecule has 0 aromatic heterocycles. The Kier molecular flexibility index (Phi) is 12.7. The zero-order chi connectivity index (χ0) is 29.9. The number of carbonyl (C=O) groups is 3. The summed E-state index contributed by atoms with van der Waals surface area (Å²) in [7, 11) is 1.54. The Bertz CT molecular complexity index is 1090. The monoisotopic (exact) mass is 576 g/mol. The van der Waals surface area contributed by atoms with Crippen molar-refractivity contribution in [1.82, 2.24) is 10.2 Å². The standard InChI is InChI=1S/C30H41ClN2O7/c1-7-23(21-12-10-9-11-13-21)25(32-29(37)40-30(3,4)5)27(35)26(28(36)39-8-2)33(24(34)18-31)19-20-14-16-22(38-6)17-15-20/h9-17,23,25-27,35H,7-8,18-19H2,1-6H3,(H,32,37)/t23?,25-,26+,27-/m0/s1. The number of rotatable bonds is 13. The van der Waals surface area contributed by atoms with Gasteiger partial charge in [0.1, 0.15) is 23.3 Å². The third-order valence-corrected chi connectivity index (χ3v) is 6.52. The Morgan fingerprint density at radius 2 is 1.65 bits per heavy atom. The van der Waals surface area contributed by atoms with E-state index in [0.717, 1.165) is 5.56 Å². The molecule has 0 spiro atoms. The highest BCUT2D eigenvalue weighted by Crippen LogP contribution is 2.29. The molecule has 0 heterocycles. The summed E-state index contributed by atoms with van der Waals surface area (Å²) in [5.74, 6) is -1.65. The number of halogens is 1. The normalized spacial score (nSPS) is 14.3. The predicted molar refractivity (Wildman–Crippen MR) is 153 cm³/mol. The van der Waals surface area contributed by atoms with E-state index in [9.17, 15) is 19.5 Å². The average Bonchev–Trinajstić information content (AvgIpc) is 2.92. The van der Waals surface area contributed by atoms with Crippen molar-refractivity contribution in [1.29, 1.82) is 0 Å². The van der Waals surface area contributed by atoms with Crippen molar-refractivity contribution < 1.29 is 33.7 Å². The number of benzene rings is 2. The van der Waals surface area contributed by atoms with E-state index in [1.165, 1.54) is 4.90 Å². The molecule has 9 nitrogen and oxygen atoms in total. The maximum atomic E-state index is 13.4. The number of ether oxygens (including phenoxy) is 3. The average molecular weight is 577 g/mol. The largest absolute Gasteiger partial charge is 0.497 e. The lowest BCUT2D eigenvalue weighted by atomic mass is 9.83. The molecule has 2 aromatic carbocycles. The van der Waals surface area contributed by atoms with Crippen molar-refractivity contribution in [3.05, 3.63) is 65.7 Å². The topological polar surface area (TPSA) is 114 Å². The number of methoxy groups -OCH3 is 1. The summed E-state index contributed by atoms with van der Waals surface area (Å²) in [6.07, 6.45) is -1.85. The van der Waals surface area contributed by atoms with Gasteiger partial charge < -0.3 is 29.5 Å². The molecule has 0 saturated carbocycles. The second-order valence-corrected chi connectivity index (χ2v) is 10.6. The van der Waals surface area contributed by atoms with E-state index in [1.807, 2.05) is 37.3 Å². The van der Waals surface area contributed by atoms with Crippen LogP contribution in [0.4, 0.5) is 4.79 Å². The highest BCUT2D eigenvalue weighted by atomic mass is 35.5. The number of hydrogen-bond donors (Lipinski definition) is 2. The van der Waals surface area contributed by atoms with Crippen molar-refractivity contribution in [3.8, 4) is 5.75 Å². The maximum absolute atomic E-state index is 13.4. The summed E-state index contributed by atoms with van der Waals surface area (Å²) >= 11 is 5.98. The number of aliphatic hydroxyl groups is 1. The fourth-order valence-electron chi connectivity index (χ4n) is 4.49. The molecule has 220 valence electrons. The van der Waals surface area contributed by atoms with Gasteiger partial charge in [-0.3, -0.25) is 4.79 Å². The van der Waals surface area contributed by atoms with Crippen molar-refractivity contribution in [2.24, 2.45) is 0 Å². The number of aliphatic hydroxyl groups excluding tert-OH is 1. The predicted octanol–water partition coefficient (Wildman–Crippen LogP) is 4.64. The second kappa shape index (κ2) is 15.5. The van der Waals surface area contributed by atoms with Crippen LogP contribution in [0.3, 0.4) is 0 Å². The van der Waals surface area contributed by atoms with E-state index in [4.69, 9.17) is 25.8 Å². The minimum Gasteiger partial charge on any atom is -0.497 e. The number of alkyl halides is 1. The zero-order valence-corrected chi connectivity index (χ0v) is 24.8. The molecular weight excluding hydrogens is 536 g/mol. The third kappa shape index (κ3) is 9.41. The first kappa shape index (κ1) is 32.9. The molecule has 2 amide bonds. The molecule has 1 unspecified atom stereocenters. The van der Waals surface area contributed by atoms with Gasteiger partial charge in [0.25, 0.3) is 0 Å². The summed E-state index contributed by atoms with van der Waals surface area (Å²) in [5.41, 5.74) is 0.703. The number of nitrogens with zero attached hydrogens (tertiary/aromatic N) is 1. The van der Waals surface area contributed by atoms with E-state index in [2.05, 4.69) is 5.32 Å². The van der Waals surface area contributed by atoms with Crippen molar-refractivity contribution in [2.45, 2.75) is 77.3 Å². The molecular formula is C30H41ClN2O7. The number of alkyl carbamates (subject to hydrolysis) is 1. The number of carbonyl (C=O) groups excluding carboxylic acids is 3. The van der Waals surface area contributed by atoms with Crippen LogP contribution in [0.1, 0.15) is 58.1 Å². The molecule has 0 aliphatic carbocycles. The molecule has 0 aliphatic rings. The molecule has 2 aromatic rings. The summed E-state index contributed by atoms with van der Waals surface area (Å²) in [5, 5.41) is 14.7. The smallest absolute Gasteiger partial charge is 0.407 e. The van der Waals surface area contributed by atoms with Gasteiger partial charge in [0, 0.05) is 12.5 Å². The van der Waals surface area contributed by atoms with Gasteiger partial charge in [-0.1, -0.05) is 49.4 Å². The van der Waals surface area contributed by atoms with Crippen LogP contribution in [0.25, 0.3) is 0 Å². The molecule has 0 radical (unpaired) electrons. The molecule has 10 heteroatoms. The molecule has 40 heavy (non-hydrogen) atoms. The highest BCUT2D eigenvalue weighted by molar-refractivity contribution is 6.27. The third-order valence-electron chi connectivity index (χ3n) is 6.29. The fraction of sp³-hybridized carbons (Fsp3) is 0.500. The van der Waals surface area contributed by atoms with Gasteiger partial charge in [-0.05, 0) is 57.4 Å². The first-order valence-corrected chi connectivity index (χ1v) is 13.9. The van der Waals surface area contributed by atoms with Gasteiger partial charge in [0.15, 0.2) is 6.04 Å². The zero-order valence-electron chi connectivity index (χ0n) is 24.1. The fourth-order valence-corrected chi connectivity index (χ4v) is 4.64. The van der Waals surface area contributed by atoms with E-state index in [1.54, 1.807) is 59.1 Å². The molecule has 0 bridgehead atoms. The Morgan fingerprint density at radius 1 is 1.02 bits per heavy atom. The Labute approximate surface area is 241 Å². The van der Waals surface area contributed by atoms with Crippen LogP contribution in [-0.4, -0.2) is 71.4 Å². The minimum atomic E-state index is -1.58. The van der Waals surface area contributed by atoms with E-state index in [-0.39, 0.29) is 13.2 Å². The molecule has 0 saturated heterocycles. The van der Waals surface area contributed by atoms with Gasteiger partial charge in [0.05, 0.1) is 19.8 Å². The minimum absolute atomic E-state index is 0.0214. The van der Waals surface area contributed by atoms with Gasteiger partial charge >= 0.3 is 12.1 Å². The SMILES string of the molecule is CCOC(=O)[C@@H]([C@@H](O)[C@@H](NC(=O)OC(C)(C)C)C(CC)c1ccccc1)N(Cc1ccc(OC)cc1)C(=O)CCl. The van der Waals surface area contributed by atoms with Crippen LogP contribution in [0.2, 0.25) is 0 Å². The number of hydrogen-bond acceptors (Lipinski definition) is 7. The second-order valence-electron chi connectivity index (χ2n) is 10.3. The summed E-state index contributed by atoms with van der Waals surface area (Å²) in [6, 6.07) is 13.8. The summed E-state index contributed by atoms with van der Waals surface area (Å²) in [6.45, 7) is 8.70. The first-order valence-electron chi connectivity index (χ1n) is 13.3. The van der Waals surface area contributed by atoms with Crippen LogP contribution in [0, 0.1) is 0 Å². The van der Waals surface area contributed by atoms with E-state index < -0.39 is 53.6 Å². The molecule has 2 rings (SSSR count). The number of nitrogens with one attached hydrogen (secondary N) is 1. The van der Waals surface area contributed by atoms with E-state index in [0.29, 0.717) is 17.7 Å². The summed E-state index contributed by atoms with van der Waals surface area (Å²) in [4.78, 5) is 40.8. The lowest BCUT2D eigenvalue weighted by molar-refractivity contribution is -0.161. The molecule has 0 fully saturated rings. The van der Waals surface area contributed by atoms with Crippen LogP contribution >= 0.6 is 11.6 Å². The van der Waals surface area contributed by atoms with Gasteiger partial charge in [0.2, 0.25) is 5.91 Å². The molecule has 0 aliphatic heterocycles. The molecule has 2 N–H and O–H groups in total. The summed E-state index contributed by atoms with van der Waals surface area (Å²) < 4.78 is 16.0. The Morgan fingerprint density at radius 3 is 2.15 bits per heavy atom. The van der Waals surface area contributed by atoms with Crippen LogP contribution in [0.5, 0.6) is 5.75 Å². The quantitative estimate of drug-likeness (QED) is 0.264. The lowest BCUT2D eigenvalue weighted by Gasteiger charge is -2.39. The van der Waals surface area contributed by atoms with Crippen LogP contribution in [0.15, 0.2) is 54.6 Å².